The van der Waals surface area contributed by atoms with Crippen LogP contribution < -0.4 is 19.5 Å². The van der Waals surface area contributed by atoms with Crippen LogP contribution in [0.25, 0.3) is 0 Å². The topological polar surface area (TPSA) is 56.8 Å². The first-order valence-electron chi connectivity index (χ1n) is 8.34. The minimum absolute atomic E-state index is 0.0238. The lowest BCUT2D eigenvalue weighted by atomic mass is 10.1. The number of hydrogen-bond donors (Lipinski definition) is 1. The molecule has 164 valence electrons. The lowest BCUT2D eigenvalue weighted by Crippen LogP contribution is -2.28. The molecule has 0 unspecified atom stereocenters. The Morgan fingerprint density at radius 3 is 1.93 bits per heavy atom. The van der Waals surface area contributed by atoms with Crippen molar-refractivity contribution in [2.45, 2.75) is 18.9 Å². The standard InChI is InChI=1S/C19H17F6NO4/c1-28-15-4-3-11(5-16(15)29-2)9-26-17(27)10-30-14-7-12(18(20,21)22)6-13(8-14)19(23,24)25/h3-8H,9-10H2,1-2H3,(H,26,27). The number of hydrogen-bond acceptors (Lipinski definition) is 4. The van der Waals surface area contributed by atoms with Gasteiger partial charge >= 0.3 is 12.4 Å². The van der Waals surface area contributed by atoms with Crippen LogP contribution in [0.5, 0.6) is 17.2 Å². The highest BCUT2D eigenvalue weighted by Gasteiger charge is 2.37. The van der Waals surface area contributed by atoms with Crippen LogP contribution in [0.2, 0.25) is 0 Å². The maximum Gasteiger partial charge on any atom is 0.416 e. The first-order valence-corrected chi connectivity index (χ1v) is 8.34. The van der Waals surface area contributed by atoms with Crippen molar-refractivity contribution in [3.63, 3.8) is 0 Å². The lowest BCUT2D eigenvalue weighted by Gasteiger charge is -2.15. The van der Waals surface area contributed by atoms with E-state index in [1.54, 1.807) is 18.2 Å². The van der Waals surface area contributed by atoms with Crippen molar-refractivity contribution in [3.05, 3.63) is 53.1 Å². The molecule has 0 radical (unpaired) electrons. The fraction of sp³-hybridized carbons (Fsp3) is 0.316. The molecule has 0 spiro atoms. The van der Waals surface area contributed by atoms with E-state index in [0.29, 0.717) is 29.2 Å². The van der Waals surface area contributed by atoms with Crippen molar-refractivity contribution in [2.24, 2.45) is 0 Å². The van der Waals surface area contributed by atoms with Gasteiger partial charge in [0, 0.05) is 6.54 Å². The van der Waals surface area contributed by atoms with Gasteiger partial charge in [0.15, 0.2) is 18.1 Å². The Morgan fingerprint density at radius 2 is 1.43 bits per heavy atom. The molecule has 0 saturated carbocycles. The first kappa shape index (κ1) is 23.2. The second kappa shape index (κ2) is 9.14. The van der Waals surface area contributed by atoms with Gasteiger partial charge in [-0.3, -0.25) is 4.79 Å². The number of ether oxygens (including phenoxy) is 3. The zero-order chi connectivity index (χ0) is 22.5. The van der Waals surface area contributed by atoms with Crippen LogP contribution in [0.4, 0.5) is 26.3 Å². The average Bonchev–Trinajstić information content (AvgIpc) is 2.68. The molecule has 0 atom stereocenters. The third-order valence-corrected chi connectivity index (χ3v) is 3.87. The molecule has 0 aliphatic heterocycles. The number of carbonyl (C=O) groups is 1. The summed E-state index contributed by atoms with van der Waals surface area (Å²) < 4.78 is 92.1. The summed E-state index contributed by atoms with van der Waals surface area (Å²) in [5.74, 6) is -0.570. The minimum atomic E-state index is -5.00. The molecule has 1 N–H and O–H groups in total. The predicted molar refractivity (Wildman–Crippen MR) is 93.3 cm³/mol. The Bertz CT molecular complexity index is 863. The van der Waals surface area contributed by atoms with Crippen molar-refractivity contribution in [3.8, 4) is 17.2 Å². The maximum atomic E-state index is 12.8. The third-order valence-electron chi connectivity index (χ3n) is 3.87. The molecule has 11 heteroatoms. The summed E-state index contributed by atoms with van der Waals surface area (Å²) in [5.41, 5.74) is -2.43. The number of benzene rings is 2. The molecule has 2 rings (SSSR count). The zero-order valence-electron chi connectivity index (χ0n) is 15.8. The van der Waals surface area contributed by atoms with Crippen LogP contribution in [0, 0.1) is 0 Å². The fourth-order valence-corrected chi connectivity index (χ4v) is 2.40. The highest BCUT2D eigenvalue weighted by atomic mass is 19.4. The molecule has 5 nitrogen and oxygen atoms in total. The van der Waals surface area contributed by atoms with Gasteiger partial charge in [-0.15, -0.1) is 0 Å². The molecule has 2 aromatic rings. The number of alkyl halides is 6. The van der Waals surface area contributed by atoms with Crippen LogP contribution in [-0.2, 0) is 23.7 Å². The molecular weight excluding hydrogens is 420 g/mol. The van der Waals surface area contributed by atoms with Gasteiger partial charge < -0.3 is 19.5 Å². The molecule has 2 aromatic carbocycles. The molecule has 0 aliphatic rings. The van der Waals surface area contributed by atoms with E-state index in [9.17, 15) is 31.1 Å². The zero-order valence-corrected chi connectivity index (χ0v) is 15.8. The second-order valence-corrected chi connectivity index (χ2v) is 6.00. The Hall–Kier alpha value is -3.11. The Kier molecular flexibility index (Phi) is 7.06. The van der Waals surface area contributed by atoms with E-state index in [-0.39, 0.29) is 12.6 Å². The lowest BCUT2D eigenvalue weighted by molar-refractivity contribution is -0.143. The van der Waals surface area contributed by atoms with Gasteiger partial charge in [0.05, 0.1) is 25.3 Å². The number of halogens is 6. The van der Waals surface area contributed by atoms with Gasteiger partial charge in [-0.2, -0.15) is 26.3 Å². The summed E-state index contributed by atoms with van der Waals surface area (Å²) >= 11 is 0. The fourth-order valence-electron chi connectivity index (χ4n) is 2.40. The molecule has 0 aliphatic carbocycles. The number of methoxy groups -OCH3 is 2. The molecule has 0 aromatic heterocycles. The maximum absolute atomic E-state index is 12.8. The Morgan fingerprint density at radius 1 is 0.867 bits per heavy atom. The highest BCUT2D eigenvalue weighted by molar-refractivity contribution is 5.77. The van der Waals surface area contributed by atoms with E-state index >= 15 is 0 Å². The quantitative estimate of drug-likeness (QED) is 0.651. The average molecular weight is 437 g/mol. The van der Waals surface area contributed by atoms with Crippen LogP contribution >= 0.6 is 0 Å². The first-order chi connectivity index (χ1) is 13.9. The molecule has 0 bridgehead atoms. The van der Waals surface area contributed by atoms with E-state index in [1.165, 1.54) is 14.2 Å². The van der Waals surface area contributed by atoms with Gasteiger partial charge in [-0.25, -0.2) is 0 Å². The largest absolute Gasteiger partial charge is 0.493 e. The van der Waals surface area contributed by atoms with Crippen LogP contribution in [0.1, 0.15) is 16.7 Å². The van der Waals surface area contributed by atoms with Gasteiger partial charge in [0.2, 0.25) is 0 Å². The van der Waals surface area contributed by atoms with Gasteiger partial charge in [0.1, 0.15) is 5.75 Å². The monoisotopic (exact) mass is 437 g/mol. The van der Waals surface area contributed by atoms with Gasteiger partial charge in [-0.05, 0) is 35.9 Å². The van der Waals surface area contributed by atoms with Crippen molar-refractivity contribution in [1.29, 1.82) is 0 Å². The summed E-state index contributed by atoms with van der Waals surface area (Å²) in [7, 11) is 2.88. The van der Waals surface area contributed by atoms with Gasteiger partial charge in [0.25, 0.3) is 5.91 Å². The van der Waals surface area contributed by atoms with Gasteiger partial charge in [-0.1, -0.05) is 6.07 Å². The van der Waals surface area contributed by atoms with Crippen LogP contribution in [0.15, 0.2) is 36.4 Å². The van der Waals surface area contributed by atoms with E-state index in [2.05, 4.69) is 5.32 Å². The predicted octanol–water partition coefficient (Wildman–Crippen LogP) is 4.44. The van der Waals surface area contributed by atoms with Crippen LogP contribution in [-0.4, -0.2) is 26.7 Å². The molecular formula is C19H17F6NO4. The minimum Gasteiger partial charge on any atom is -0.493 e. The molecule has 1 amide bonds. The Balaban J connectivity index is 2.04. The molecule has 0 heterocycles. The molecule has 0 saturated heterocycles. The Labute approximate surface area is 167 Å². The SMILES string of the molecule is COc1ccc(CNC(=O)COc2cc(C(F)(F)F)cc(C(F)(F)F)c2)cc1OC. The molecule has 30 heavy (non-hydrogen) atoms. The summed E-state index contributed by atoms with van der Waals surface area (Å²) in [6, 6.07) is 5.63. The van der Waals surface area contributed by atoms with E-state index in [1.807, 2.05) is 0 Å². The van der Waals surface area contributed by atoms with E-state index in [4.69, 9.17) is 14.2 Å². The normalized spacial score (nSPS) is 11.7. The number of amides is 1. The molecule has 0 fully saturated rings. The second-order valence-electron chi connectivity index (χ2n) is 6.00. The van der Waals surface area contributed by atoms with E-state index in [0.717, 1.165) is 0 Å². The summed E-state index contributed by atoms with van der Waals surface area (Å²) in [6.45, 7) is -0.745. The number of carbonyl (C=O) groups excluding carboxylic acids is 1. The third kappa shape index (κ3) is 6.19. The van der Waals surface area contributed by atoms with Crippen molar-refractivity contribution < 1.29 is 45.3 Å². The van der Waals surface area contributed by atoms with Crippen LogP contribution in [0.3, 0.4) is 0 Å². The summed E-state index contributed by atoms with van der Waals surface area (Å²) in [6.07, 6.45) is -10.0. The number of nitrogens with one attached hydrogen (secondary N) is 1. The highest BCUT2D eigenvalue weighted by Crippen LogP contribution is 2.38. The van der Waals surface area contributed by atoms with E-state index < -0.39 is 41.7 Å². The number of rotatable bonds is 7. The summed E-state index contributed by atoms with van der Waals surface area (Å²) in [4.78, 5) is 11.9. The smallest absolute Gasteiger partial charge is 0.416 e. The van der Waals surface area contributed by atoms with Crippen molar-refractivity contribution in [2.75, 3.05) is 20.8 Å². The van der Waals surface area contributed by atoms with Crippen molar-refractivity contribution in [1.82, 2.24) is 5.32 Å². The summed E-state index contributed by atoms with van der Waals surface area (Å²) in [5, 5.41) is 2.44. The van der Waals surface area contributed by atoms with Crippen molar-refractivity contribution >= 4 is 5.91 Å².